The Morgan fingerprint density at radius 3 is 2.66 bits per heavy atom. The largest absolute Gasteiger partial charge is 0.467 e. The highest BCUT2D eigenvalue weighted by Gasteiger charge is 2.23. The lowest BCUT2D eigenvalue weighted by Gasteiger charge is -2.16. The second kappa shape index (κ2) is 9.05. The number of hydrogen-bond donors (Lipinski definition) is 3. The minimum atomic E-state index is -0.859. The van der Waals surface area contributed by atoms with Crippen molar-refractivity contribution in [2.24, 2.45) is 0 Å². The second-order valence-electron chi connectivity index (χ2n) is 6.76. The summed E-state index contributed by atoms with van der Waals surface area (Å²) in [5, 5.41) is 6.19. The molecule has 3 N–H and O–H groups in total. The molecule has 29 heavy (non-hydrogen) atoms. The molecule has 0 bridgehead atoms. The molecule has 2 aromatic carbocycles. The minimum absolute atomic E-state index is 0.242. The molecule has 150 valence electrons. The highest BCUT2D eigenvalue weighted by atomic mass is 16.5. The Labute approximate surface area is 168 Å². The summed E-state index contributed by atoms with van der Waals surface area (Å²) in [7, 11) is 1.27. The van der Waals surface area contributed by atoms with Gasteiger partial charge in [0.2, 0.25) is 5.91 Å². The van der Waals surface area contributed by atoms with E-state index < -0.39 is 17.9 Å². The number of carbonyl (C=O) groups is 3. The average molecular weight is 393 g/mol. The van der Waals surface area contributed by atoms with Crippen molar-refractivity contribution in [3.05, 3.63) is 71.4 Å². The van der Waals surface area contributed by atoms with Crippen molar-refractivity contribution in [1.82, 2.24) is 15.6 Å². The number of amides is 2. The maximum atomic E-state index is 12.3. The highest BCUT2D eigenvalue weighted by molar-refractivity contribution is 5.97. The van der Waals surface area contributed by atoms with Gasteiger partial charge >= 0.3 is 5.97 Å². The molecule has 0 saturated carbocycles. The van der Waals surface area contributed by atoms with Gasteiger partial charge in [0, 0.05) is 29.1 Å². The molecule has 2 amide bonds. The number of nitrogens with one attached hydrogen (secondary N) is 3. The van der Waals surface area contributed by atoms with Crippen molar-refractivity contribution >= 4 is 28.7 Å². The van der Waals surface area contributed by atoms with E-state index >= 15 is 0 Å². The summed E-state index contributed by atoms with van der Waals surface area (Å²) in [6.45, 7) is 1.64. The van der Waals surface area contributed by atoms with E-state index in [1.165, 1.54) is 7.11 Å². The Morgan fingerprint density at radius 2 is 1.90 bits per heavy atom. The number of aryl methyl sites for hydroxylation is 1. The standard InChI is InChI=1S/C22H23N3O4/c1-14-6-5-7-15(10-14)21(27)24-13-20(26)25-19(22(28)29-2)11-16-12-23-18-9-4-3-8-17(16)18/h3-10,12,19,23H,11,13H2,1-2H3,(H,24,27)(H,25,26)/t19-/m1/s1. The number of aromatic nitrogens is 1. The normalized spacial score (nSPS) is 11.7. The van der Waals surface area contributed by atoms with Crippen molar-refractivity contribution in [2.75, 3.05) is 13.7 Å². The fraction of sp³-hybridized carbons (Fsp3) is 0.227. The fourth-order valence-electron chi connectivity index (χ4n) is 3.15. The molecule has 1 aromatic heterocycles. The van der Waals surface area contributed by atoms with Crippen LogP contribution in [0.4, 0.5) is 0 Å². The molecule has 1 heterocycles. The summed E-state index contributed by atoms with van der Waals surface area (Å²) in [5.74, 6) is -1.37. The van der Waals surface area contributed by atoms with Gasteiger partial charge in [-0.3, -0.25) is 9.59 Å². The van der Waals surface area contributed by atoms with Gasteiger partial charge in [0.1, 0.15) is 6.04 Å². The summed E-state index contributed by atoms with van der Waals surface area (Å²) in [6, 6.07) is 13.9. The number of para-hydroxylation sites is 1. The molecule has 0 aliphatic rings. The number of benzene rings is 2. The zero-order chi connectivity index (χ0) is 20.8. The summed E-state index contributed by atoms with van der Waals surface area (Å²) >= 11 is 0. The summed E-state index contributed by atoms with van der Waals surface area (Å²) in [6.07, 6.45) is 2.08. The average Bonchev–Trinajstić information content (AvgIpc) is 3.14. The zero-order valence-corrected chi connectivity index (χ0v) is 16.3. The maximum Gasteiger partial charge on any atom is 0.328 e. The topological polar surface area (TPSA) is 100 Å². The molecule has 7 heteroatoms. The Balaban J connectivity index is 1.63. The third kappa shape index (κ3) is 5.01. The van der Waals surface area contributed by atoms with E-state index in [-0.39, 0.29) is 18.9 Å². The number of ether oxygens (including phenoxy) is 1. The molecule has 0 fully saturated rings. The van der Waals surface area contributed by atoms with E-state index in [9.17, 15) is 14.4 Å². The zero-order valence-electron chi connectivity index (χ0n) is 16.3. The van der Waals surface area contributed by atoms with Gasteiger partial charge in [-0.15, -0.1) is 0 Å². The third-order valence-electron chi connectivity index (χ3n) is 4.61. The Hall–Kier alpha value is -3.61. The minimum Gasteiger partial charge on any atom is -0.467 e. The van der Waals surface area contributed by atoms with Gasteiger partial charge in [-0.25, -0.2) is 4.79 Å². The van der Waals surface area contributed by atoms with Gasteiger partial charge < -0.3 is 20.4 Å². The van der Waals surface area contributed by atoms with Crippen LogP contribution in [0.3, 0.4) is 0 Å². The first-order valence-electron chi connectivity index (χ1n) is 9.25. The molecule has 3 aromatic rings. The van der Waals surface area contributed by atoms with E-state index in [2.05, 4.69) is 15.6 Å². The van der Waals surface area contributed by atoms with Gasteiger partial charge in [-0.2, -0.15) is 0 Å². The molecule has 0 aliphatic heterocycles. The molecule has 7 nitrogen and oxygen atoms in total. The van der Waals surface area contributed by atoms with Crippen LogP contribution in [0.2, 0.25) is 0 Å². The Bertz CT molecular complexity index is 1040. The first-order chi connectivity index (χ1) is 14.0. The van der Waals surface area contributed by atoms with Crippen molar-refractivity contribution in [1.29, 1.82) is 0 Å². The van der Waals surface area contributed by atoms with Crippen molar-refractivity contribution in [3.8, 4) is 0 Å². The molecule has 0 spiro atoms. The predicted molar refractivity (Wildman–Crippen MR) is 109 cm³/mol. The first kappa shape index (κ1) is 20.1. The smallest absolute Gasteiger partial charge is 0.328 e. The molecule has 1 atom stereocenters. The Morgan fingerprint density at radius 1 is 1.10 bits per heavy atom. The van der Waals surface area contributed by atoms with E-state index in [1.54, 1.807) is 18.2 Å². The van der Waals surface area contributed by atoms with E-state index in [4.69, 9.17) is 4.74 Å². The molecule has 0 saturated heterocycles. The van der Waals surface area contributed by atoms with Crippen LogP contribution in [-0.2, 0) is 20.7 Å². The molecular formula is C22H23N3O4. The number of esters is 1. The predicted octanol–water partition coefficient (Wildman–Crippen LogP) is 2.11. The molecular weight excluding hydrogens is 370 g/mol. The number of H-pyrrole nitrogens is 1. The van der Waals surface area contributed by atoms with Crippen LogP contribution in [0.5, 0.6) is 0 Å². The van der Waals surface area contributed by atoms with Crippen molar-refractivity contribution in [3.63, 3.8) is 0 Å². The van der Waals surface area contributed by atoms with Crippen LogP contribution < -0.4 is 10.6 Å². The Kier molecular flexibility index (Phi) is 6.29. The summed E-state index contributed by atoms with van der Waals surface area (Å²) < 4.78 is 4.83. The van der Waals surface area contributed by atoms with Crippen LogP contribution >= 0.6 is 0 Å². The molecule has 3 rings (SSSR count). The van der Waals surface area contributed by atoms with Gasteiger partial charge in [-0.1, -0.05) is 35.9 Å². The second-order valence-corrected chi connectivity index (χ2v) is 6.76. The van der Waals surface area contributed by atoms with Gasteiger partial charge in [-0.05, 0) is 30.7 Å². The first-order valence-corrected chi connectivity index (χ1v) is 9.25. The lowest BCUT2D eigenvalue weighted by Crippen LogP contribution is -2.47. The SMILES string of the molecule is COC(=O)[C@@H](Cc1c[nH]c2ccccc12)NC(=O)CNC(=O)c1cccc(C)c1. The third-order valence-corrected chi connectivity index (χ3v) is 4.61. The lowest BCUT2D eigenvalue weighted by molar-refractivity contribution is -0.144. The van der Waals surface area contributed by atoms with Crippen LogP contribution in [0.15, 0.2) is 54.7 Å². The van der Waals surface area contributed by atoms with Crippen molar-refractivity contribution in [2.45, 2.75) is 19.4 Å². The van der Waals surface area contributed by atoms with Crippen LogP contribution in [0.1, 0.15) is 21.5 Å². The van der Waals surface area contributed by atoms with Gasteiger partial charge in [0.15, 0.2) is 0 Å². The lowest BCUT2D eigenvalue weighted by atomic mass is 10.0. The number of methoxy groups -OCH3 is 1. The quantitative estimate of drug-likeness (QED) is 0.535. The highest BCUT2D eigenvalue weighted by Crippen LogP contribution is 2.19. The fourth-order valence-corrected chi connectivity index (χ4v) is 3.15. The maximum absolute atomic E-state index is 12.3. The van der Waals surface area contributed by atoms with Crippen LogP contribution in [-0.4, -0.2) is 42.5 Å². The monoisotopic (exact) mass is 393 g/mol. The molecule has 0 aliphatic carbocycles. The number of rotatable bonds is 7. The molecule has 0 unspecified atom stereocenters. The number of aromatic amines is 1. The van der Waals surface area contributed by atoms with Crippen LogP contribution in [0, 0.1) is 6.92 Å². The summed E-state index contributed by atoms with van der Waals surface area (Å²) in [4.78, 5) is 39.8. The van der Waals surface area contributed by atoms with Crippen molar-refractivity contribution < 1.29 is 19.1 Å². The molecule has 0 radical (unpaired) electrons. The van der Waals surface area contributed by atoms with Gasteiger partial charge in [0.05, 0.1) is 13.7 Å². The van der Waals surface area contributed by atoms with Crippen LogP contribution in [0.25, 0.3) is 10.9 Å². The number of hydrogen-bond acceptors (Lipinski definition) is 4. The number of fused-ring (bicyclic) bond motifs is 1. The van der Waals surface area contributed by atoms with Gasteiger partial charge in [0.25, 0.3) is 5.91 Å². The van der Waals surface area contributed by atoms with E-state index in [1.807, 2.05) is 43.5 Å². The van der Waals surface area contributed by atoms with E-state index in [0.717, 1.165) is 22.0 Å². The summed E-state index contributed by atoms with van der Waals surface area (Å²) in [5.41, 5.74) is 3.26. The van der Waals surface area contributed by atoms with E-state index in [0.29, 0.717) is 5.56 Å². The number of carbonyl (C=O) groups excluding carboxylic acids is 3.